The number of aromatic amines is 1. The second-order valence-corrected chi connectivity index (χ2v) is 2.38. The number of alkyl halides is 3. The van der Waals surface area contributed by atoms with Crippen molar-refractivity contribution < 1.29 is 23.0 Å². The number of hydrogen-bond acceptors (Lipinski definition) is 4. The number of aromatic nitrogens is 1. The summed E-state index contributed by atoms with van der Waals surface area (Å²) in [4.78, 5) is 12.5. The maximum absolute atomic E-state index is 11.7. The minimum Gasteiger partial charge on any atom is -0.494 e. The Morgan fingerprint density at radius 2 is 2.13 bits per heavy atom. The van der Waals surface area contributed by atoms with E-state index in [1.54, 1.807) is 4.98 Å². The second-order valence-electron chi connectivity index (χ2n) is 2.38. The topological polar surface area (TPSA) is 86.1 Å². The molecule has 0 unspecified atom stereocenters. The van der Waals surface area contributed by atoms with E-state index in [2.05, 4.69) is 4.74 Å². The lowest BCUT2D eigenvalue weighted by Crippen LogP contribution is -2.22. The van der Waals surface area contributed by atoms with Gasteiger partial charge in [-0.2, -0.15) is 5.26 Å². The number of nitrogens with zero attached hydrogens (tertiary/aromatic N) is 1. The zero-order valence-corrected chi connectivity index (χ0v) is 6.92. The number of hydrogen-bond donors (Lipinski definition) is 2. The highest BCUT2D eigenvalue weighted by molar-refractivity contribution is 5.41. The molecule has 0 bridgehead atoms. The van der Waals surface area contributed by atoms with Gasteiger partial charge in [0, 0.05) is 6.07 Å². The Morgan fingerprint density at radius 3 is 2.60 bits per heavy atom. The Hall–Kier alpha value is -2.17. The fourth-order valence-electron chi connectivity index (χ4n) is 0.787. The van der Waals surface area contributed by atoms with E-state index in [1.165, 1.54) is 6.07 Å². The van der Waals surface area contributed by atoms with E-state index in [1.807, 2.05) is 0 Å². The molecule has 1 aromatic heterocycles. The van der Waals surface area contributed by atoms with Crippen LogP contribution < -0.4 is 10.3 Å². The van der Waals surface area contributed by atoms with E-state index in [-0.39, 0.29) is 0 Å². The third kappa shape index (κ3) is 2.63. The molecule has 0 aliphatic carbocycles. The summed E-state index contributed by atoms with van der Waals surface area (Å²) >= 11 is 0. The van der Waals surface area contributed by atoms with Gasteiger partial charge in [-0.05, 0) is 0 Å². The first-order chi connectivity index (χ1) is 6.83. The quantitative estimate of drug-likeness (QED) is 0.734. The van der Waals surface area contributed by atoms with Crippen LogP contribution >= 0.6 is 0 Å². The van der Waals surface area contributed by atoms with E-state index in [4.69, 9.17) is 10.4 Å². The average Bonchev–Trinajstić information content (AvgIpc) is 2.07. The van der Waals surface area contributed by atoms with Gasteiger partial charge in [0.1, 0.15) is 11.6 Å². The van der Waals surface area contributed by atoms with Crippen LogP contribution in [0.1, 0.15) is 5.56 Å². The lowest BCUT2D eigenvalue weighted by molar-refractivity contribution is -0.275. The predicted octanol–water partition coefficient (Wildman–Crippen LogP) is 0.851. The van der Waals surface area contributed by atoms with E-state index in [9.17, 15) is 18.0 Å². The lowest BCUT2D eigenvalue weighted by Gasteiger charge is -2.07. The van der Waals surface area contributed by atoms with Gasteiger partial charge < -0.3 is 9.84 Å². The van der Waals surface area contributed by atoms with Crippen molar-refractivity contribution in [2.75, 3.05) is 0 Å². The standard InChI is InChI=1S/C7H3F3N2O3/c8-7(9,10)15-4-1-3(2-11)5(13)12-6(4)14/h1H,(H2,12,13,14). The van der Waals surface area contributed by atoms with Crippen LogP contribution in [0.15, 0.2) is 10.9 Å². The van der Waals surface area contributed by atoms with Crippen molar-refractivity contribution in [1.82, 2.24) is 4.98 Å². The van der Waals surface area contributed by atoms with Gasteiger partial charge in [0.05, 0.1) is 0 Å². The maximum Gasteiger partial charge on any atom is 0.573 e. The zero-order valence-electron chi connectivity index (χ0n) is 6.92. The number of rotatable bonds is 1. The molecular weight excluding hydrogens is 217 g/mol. The Labute approximate surface area is 80.3 Å². The van der Waals surface area contributed by atoms with Gasteiger partial charge in [-0.1, -0.05) is 0 Å². The van der Waals surface area contributed by atoms with Gasteiger partial charge in [-0.3, -0.25) is 9.78 Å². The summed E-state index contributed by atoms with van der Waals surface area (Å²) in [5.41, 5.74) is -1.79. The molecule has 0 fully saturated rings. The summed E-state index contributed by atoms with van der Waals surface area (Å²) in [7, 11) is 0. The van der Waals surface area contributed by atoms with Crippen molar-refractivity contribution in [3.63, 3.8) is 0 Å². The highest BCUT2D eigenvalue weighted by atomic mass is 19.4. The van der Waals surface area contributed by atoms with Crippen LogP contribution in [0.4, 0.5) is 13.2 Å². The fraction of sp³-hybridized carbons (Fsp3) is 0.143. The monoisotopic (exact) mass is 220 g/mol. The Balaban J connectivity index is 3.21. The van der Waals surface area contributed by atoms with Crippen molar-refractivity contribution >= 4 is 0 Å². The first kappa shape index (κ1) is 10.9. The molecule has 1 aromatic rings. The van der Waals surface area contributed by atoms with E-state index < -0.39 is 29.1 Å². The third-order valence-electron chi connectivity index (χ3n) is 1.33. The number of halogens is 3. The Kier molecular flexibility index (Phi) is 2.57. The molecule has 0 amide bonds. The van der Waals surface area contributed by atoms with Gasteiger partial charge in [-0.25, -0.2) is 0 Å². The SMILES string of the molecule is N#Cc1cc(OC(F)(F)F)c(=O)[nH]c1O. The molecule has 0 atom stereocenters. The predicted molar refractivity (Wildman–Crippen MR) is 40.1 cm³/mol. The van der Waals surface area contributed by atoms with E-state index in [0.29, 0.717) is 6.07 Å². The maximum atomic E-state index is 11.7. The average molecular weight is 220 g/mol. The molecule has 0 spiro atoms. The van der Waals surface area contributed by atoms with Gasteiger partial charge in [0.25, 0.3) is 5.56 Å². The minimum absolute atomic E-state index is 0.502. The largest absolute Gasteiger partial charge is 0.573 e. The van der Waals surface area contributed by atoms with Crippen molar-refractivity contribution in [3.05, 3.63) is 22.0 Å². The van der Waals surface area contributed by atoms with Gasteiger partial charge in [0.15, 0.2) is 5.75 Å². The zero-order chi connectivity index (χ0) is 11.6. The number of pyridine rings is 1. The molecule has 0 aromatic carbocycles. The van der Waals surface area contributed by atoms with Crippen LogP contribution in [0.2, 0.25) is 0 Å². The molecule has 8 heteroatoms. The van der Waals surface area contributed by atoms with Crippen LogP contribution in [-0.2, 0) is 0 Å². The number of H-pyrrole nitrogens is 1. The number of nitriles is 1. The van der Waals surface area contributed by atoms with Crippen molar-refractivity contribution in [1.29, 1.82) is 5.26 Å². The second kappa shape index (κ2) is 3.53. The van der Waals surface area contributed by atoms with E-state index in [0.717, 1.165) is 0 Å². The first-order valence-electron chi connectivity index (χ1n) is 3.45. The molecule has 0 aliphatic rings. The molecule has 80 valence electrons. The smallest absolute Gasteiger partial charge is 0.494 e. The summed E-state index contributed by atoms with van der Waals surface area (Å²) in [5.74, 6) is -1.91. The summed E-state index contributed by atoms with van der Waals surface area (Å²) in [6.45, 7) is 0. The Morgan fingerprint density at radius 1 is 1.53 bits per heavy atom. The normalized spacial score (nSPS) is 10.8. The minimum atomic E-state index is -5.03. The highest BCUT2D eigenvalue weighted by Gasteiger charge is 2.32. The molecule has 0 saturated heterocycles. The van der Waals surface area contributed by atoms with Crippen LogP contribution in [0.25, 0.3) is 0 Å². The lowest BCUT2D eigenvalue weighted by atomic mass is 10.3. The highest BCUT2D eigenvalue weighted by Crippen LogP contribution is 2.22. The molecule has 2 N–H and O–H groups in total. The van der Waals surface area contributed by atoms with Gasteiger partial charge >= 0.3 is 6.36 Å². The number of ether oxygens (including phenoxy) is 1. The van der Waals surface area contributed by atoms with Gasteiger partial charge in [-0.15, -0.1) is 13.2 Å². The molecule has 1 heterocycles. The molecule has 0 aliphatic heterocycles. The van der Waals surface area contributed by atoms with Crippen molar-refractivity contribution in [2.24, 2.45) is 0 Å². The number of aromatic hydroxyl groups is 1. The molecule has 1 rings (SSSR count). The molecule has 0 saturated carbocycles. The number of nitrogens with one attached hydrogen (secondary N) is 1. The first-order valence-corrected chi connectivity index (χ1v) is 3.45. The van der Waals surface area contributed by atoms with Crippen LogP contribution in [0.5, 0.6) is 11.6 Å². The molecule has 15 heavy (non-hydrogen) atoms. The fourth-order valence-corrected chi connectivity index (χ4v) is 0.787. The summed E-state index contributed by atoms with van der Waals surface area (Å²) in [6.07, 6.45) is -5.03. The van der Waals surface area contributed by atoms with Gasteiger partial charge in [0.2, 0.25) is 5.88 Å². The Bertz CT molecular complexity index is 472. The summed E-state index contributed by atoms with van der Waals surface area (Å²) in [6, 6.07) is 1.88. The summed E-state index contributed by atoms with van der Waals surface area (Å²) < 4.78 is 38.5. The van der Waals surface area contributed by atoms with Crippen molar-refractivity contribution in [3.8, 4) is 17.7 Å². The summed E-state index contributed by atoms with van der Waals surface area (Å²) in [5, 5.41) is 17.3. The van der Waals surface area contributed by atoms with Crippen molar-refractivity contribution in [2.45, 2.75) is 6.36 Å². The third-order valence-corrected chi connectivity index (χ3v) is 1.33. The van der Waals surface area contributed by atoms with Crippen LogP contribution in [0, 0.1) is 11.3 Å². The molecular formula is C7H3F3N2O3. The molecule has 5 nitrogen and oxygen atoms in total. The van der Waals surface area contributed by atoms with Crippen LogP contribution in [0.3, 0.4) is 0 Å². The van der Waals surface area contributed by atoms with E-state index >= 15 is 0 Å². The van der Waals surface area contributed by atoms with Crippen LogP contribution in [-0.4, -0.2) is 16.5 Å². The molecule has 0 radical (unpaired) electrons.